The number of unbranched alkanes of at least 4 members (excludes halogenated alkanes) is 1. The molecule has 1 unspecified atom stereocenters. The van der Waals surface area contributed by atoms with Crippen LogP contribution in [0.15, 0.2) is 0 Å². The minimum Gasteiger partial charge on any atom is -0.383 e. The van der Waals surface area contributed by atoms with Gasteiger partial charge in [0.2, 0.25) is 0 Å². The number of methoxy groups -OCH3 is 1. The van der Waals surface area contributed by atoms with Gasteiger partial charge in [-0.1, -0.05) is 19.8 Å². The minimum absolute atomic E-state index is 0.653. The lowest BCUT2D eigenvalue weighted by atomic mass is 10.1. The van der Waals surface area contributed by atoms with Crippen molar-refractivity contribution in [2.24, 2.45) is 0 Å². The highest BCUT2D eigenvalue weighted by molar-refractivity contribution is 4.62. The molecule has 92 valence electrons. The molecule has 0 amide bonds. The average molecular weight is 216 g/mol. The quantitative estimate of drug-likeness (QED) is 0.602. The van der Waals surface area contributed by atoms with Gasteiger partial charge in [0, 0.05) is 32.8 Å². The van der Waals surface area contributed by atoms with Crippen LogP contribution in [-0.4, -0.2) is 51.3 Å². The van der Waals surface area contributed by atoms with Gasteiger partial charge in [-0.2, -0.15) is 0 Å². The molecule has 0 aliphatic rings. The summed E-state index contributed by atoms with van der Waals surface area (Å²) in [6.45, 7) is 8.52. The molecule has 1 atom stereocenters. The molecule has 0 aromatic heterocycles. The zero-order valence-electron chi connectivity index (χ0n) is 10.9. The zero-order chi connectivity index (χ0) is 11.5. The molecule has 0 saturated heterocycles. The summed E-state index contributed by atoms with van der Waals surface area (Å²) in [7, 11) is 3.89. The van der Waals surface area contributed by atoms with E-state index in [4.69, 9.17) is 4.74 Å². The van der Waals surface area contributed by atoms with Crippen LogP contribution in [0.5, 0.6) is 0 Å². The highest BCUT2D eigenvalue weighted by atomic mass is 16.5. The maximum atomic E-state index is 5.03. The normalized spacial score (nSPS) is 13.4. The van der Waals surface area contributed by atoms with E-state index in [1.165, 1.54) is 19.3 Å². The first-order chi connectivity index (χ1) is 7.20. The number of hydrogen-bond acceptors (Lipinski definition) is 3. The second kappa shape index (κ2) is 10.4. The maximum Gasteiger partial charge on any atom is 0.0589 e. The molecule has 1 N–H and O–H groups in total. The molecule has 0 rings (SSSR count). The predicted octanol–water partition coefficient (Wildman–Crippen LogP) is 1.73. The number of likely N-dealkylation sites (N-methyl/N-ethyl adjacent to an activating group) is 1. The molecule has 0 fully saturated rings. The monoisotopic (exact) mass is 216 g/mol. The van der Waals surface area contributed by atoms with Crippen molar-refractivity contribution in [3.63, 3.8) is 0 Å². The standard InChI is InChI=1S/C12H28N2O/c1-5-6-7-12(2)13-8-9-14(3)10-11-15-4/h12-13H,5-11H2,1-4H3. The highest BCUT2D eigenvalue weighted by Gasteiger charge is 2.01. The molecule has 15 heavy (non-hydrogen) atoms. The van der Waals surface area contributed by atoms with E-state index in [1.54, 1.807) is 7.11 Å². The fraction of sp³-hybridized carbons (Fsp3) is 1.00. The van der Waals surface area contributed by atoms with E-state index < -0.39 is 0 Å². The Bertz CT molecular complexity index is 117. The molecule has 0 saturated carbocycles. The van der Waals surface area contributed by atoms with Crippen molar-refractivity contribution < 1.29 is 4.74 Å². The lowest BCUT2D eigenvalue weighted by Crippen LogP contribution is -2.35. The van der Waals surface area contributed by atoms with Crippen LogP contribution in [0.25, 0.3) is 0 Å². The van der Waals surface area contributed by atoms with Gasteiger partial charge in [0.15, 0.2) is 0 Å². The molecule has 0 aliphatic carbocycles. The summed E-state index contributed by atoms with van der Waals surface area (Å²) in [5.41, 5.74) is 0. The van der Waals surface area contributed by atoms with Crippen molar-refractivity contribution in [3.05, 3.63) is 0 Å². The summed E-state index contributed by atoms with van der Waals surface area (Å²) in [6.07, 6.45) is 3.91. The van der Waals surface area contributed by atoms with Crippen LogP contribution >= 0.6 is 0 Å². The van der Waals surface area contributed by atoms with Crippen molar-refractivity contribution in [1.82, 2.24) is 10.2 Å². The molecule has 3 nitrogen and oxygen atoms in total. The third kappa shape index (κ3) is 10.2. The molecular weight excluding hydrogens is 188 g/mol. The van der Waals surface area contributed by atoms with E-state index in [-0.39, 0.29) is 0 Å². The summed E-state index contributed by atoms with van der Waals surface area (Å²) < 4.78 is 5.03. The maximum absolute atomic E-state index is 5.03. The van der Waals surface area contributed by atoms with Crippen molar-refractivity contribution in [2.75, 3.05) is 40.4 Å². The Labute approximate surface area is 95.2 Å². The molecule has 0 heterocycles. The Morgan fingerprint density at radius 2 is 2.07 bits per heavy atom. The first kappa shape index (κ1) is 14.9. The van der Waals surface area contributed by atoms with Crippen LogP contribution in [0.4, 0.5) is 0 Å². The van der Waals surface area contributed by atoms with Crippen molar-refractivity contribution in [3.8, 4) is 0 Å². The van der Waals surface area contributed by atoms with Gasteiger partial charge in [0.05, 0.1) is 6.61 Å². The molecular formula is C12H28N2O. The van der Waals surface area contributed by atoms with Crippen LogP contribution in [0.3, 0.4) is 0 Å². The molecule has 0 aromatic carbocycles. The molecule has 0 aromatic rings. The summed E-state index contributed by atoms with van der Waals surface area (Å²) in [6, 6.07) is 0.653. The zero-order valence-corrected chi connectivity index (χ0v) is 10.9. The predicted molar refractivity (Wildman–Crippen MR) is 66.4 cm³/mol. The Morgan fingerprint density at radius 3 is 2.67 bits per heavy atom. The number of ether oxygens (including phenoxy) is 1. The van der Waals surface area contributed by atoms with Crippen molar-refractivity contribution in [2.45, 2.75) is 39.2 Å². The van der Waals surface area contributed by atoms with Crippen LogP contribution in [-0.2, 0) is 4.74 Å². The largest absolute Gasteiger partial charge is 0.383 e. The lowest BCUT2D eigenvalue weighted by Gasteiger charge is -2.18. The smallest absolute Gasteiger partial charge is 0.0589 e. The molecule has 0 aliphatic heterocycles. The Balaban J connectivity index is 3.27. The van der Waals surface area contributed by atoms with E-state index in [0.717, 1.165) is 26.2 Å². The van der Waals surface area contributed by atoms with Crippen molar-refractivity contribution >= 4 is 0 Å². The molecule has 0 spiro atoms. The molecule has 3 heteroatoms. The Morgan fingerprint density at radius 1 is 1.33 bits per heavy atom. The van der Waals surface area contributed by atoms with Crippen LogP contribution in [0, 0.1) is 0 Å². The van der Waals surface area contributed by atoms with Gasteiger partial charge in [0.1, 0.15) is 0 Å². The van der Waals surface area contributed by atoms with E-state index in [2.05, 4.69) is 31.1 Å². The van der Waals surface area contributed by atoms with E-state index in [9.17, 15) is 0 Å². The number of rotatable bonds is 10. The van der Waals surface area contributed by atoms with Gasteiger partial charge in [-0.05, 0) is 20.4 Å². The first-order valence-electron chi connectivity index (χ1n) is 6.11. The summed E-state index contributed by atoms with van der Waals surface area (Å²) >= 11 is 0. The van der Waals surface area contributed by atoms with E-state index in [0.29, 0.717) is 6.04 Å². The van der Waals surface area contributed by atoms with Gasteiger partial charge in [-0.25, -0.2) is 0 Å². The van der Waals surface area contributed by atoms with Crippen LogP contribution in [0.1, 0.15) is 33.1 Å². The molecule has 0 bridgehead atoms. The SMILES string of the molecule is CCCCC(C)NCCN(C)CCOC. The fourth-order valence-corrected chi connectivity index (χ4v) is 1.47. The van der Waals surface area contributed by atoms with Crippen LogP contribution in [0.2, 0.25) is 0 Å². The van der Waals surface area contributed by atoms with Gasteiger partial charge >= 0.3 is 0 Å². The van der Waals surface area contributed by atoms with E-state index in [1.807, 2.05) is 0 Å². The highest BCUT2D eigenvalue weighted by Crippen LogP contribution is 1.98. The Hall–Kier alpha value is -0.120. The number of hydrogen-bond donors (Lipinski definition) is 1. The van der Waals surface area contributed by atoms with Crippen molar-refractivity contribution in [1.29, 1.82) is 0 Å². The fourth-order valence-electron chi connectivity index (χ4n) is 1.47. The van der Waals surface area contributed by atoms with Gasteiger partial charge in [-0.15, -0.1) is 0 Å². The minimum atomic E-state index is 0.653. The third-order valence-corrected chi connectivity index (χ3v) is 2.65. The van der Waals surface area contributed by atoms with Gasteiger partial charge in [0.25, 0.3) is 0 Å². The molecule has 0 radical (unpaired) electrons. The Kier molecular flexibility index (Phi) is 10.3. The first-order valence-corrected chi connectivity index (χ1v) is 6.11. The second-order valence-corrected chi connectivity index (χ2v) is 4.29. The average Bonchev–Trinajstić information content (AvgIpc) is 2.23. The van der Waals surface area contributed by atoms with Gasteiger partial charge < -0.3 is 15.0 Å². The lowest BCUT2D eigenvalue weighted by molar-refractivity contribution is 0.161. The van der Waals surface area contributed by atoms with Crippen LogP contribution < -0.4 is 5.32 Å². The third-order valence-electron chi connectivity index (χ3n) is 2.65. The second-order valence-electron chi connectivity index (χ2n) is 4.29. The van der Waals surface area contributed by atoms with E-state index >= 15 is 0 Å². The topological polar surface area (TPSA) is 24.5 Å². The number of nitrogens with one attached hydrogen (secondary N) is 1. The van der Waals surface area contributed by atoms with Gasteiger partial charge in [-0.3, -0.25) is 0 Å². The number of nitrogens with zero attached hydrogens (tertiary/aromatic N) is 1. The summed E-state index contributed by atoms with van der Waals surface area (Å²) in [5.74, 6) is 0. The summed E-state index contributed by atoms with van der Waals surface area (Å²) in [4.78, 5) is 2.29. The summed E-state index contributed by atoms with van der Waals surface area (Å²) in [5, 5.41) is 3.54.